The zero-order valence-corrected chi connectivity index (χ0v) is 9.35. The van der Waals surface area contributed by atoms with Gasteiger partial charge in [0.05, 0.1) is 6.07 Å². The third-order valence-corrected chi connectivity index (χ3v) is 2.71. The van der Waals surface area contributed by atoms with Gasteiger partial charge in [-0.2, -0.15) is 5.26 Å². The van der Waals surface area contributed by atoms with E-state index in [9.17, 15) is 0 Å². The summed E-state index contributed by atoms with van der Waals surface area (Å²) in [4.78, 5) is 2.06. The van der Waals surface area contributed by atoms with E-state index in [0.29, 0.717) is 0 Å². The van der Waals surface area contributed by atoms with Gasteiger partial charge in [-0.1, -0.05) is 30.3 Å². The maximum Gasteiger partial charge on any atom is 0.0965 e. The summed E-state index contributed by atoms with van der Waals surface area (Å²) in [6.07, 6.45) is 6.73. The smallest absolute Gasteiger partial charge is 0.0965 e. The zero-order valence-electron chi connectivity index (χ0n) is 9.35. The van der Waals surface area contributed by atoms with Crippen LogP contribution >= 0.6 is 0 Å². The van der Waals surface area contributed by atoms with Crippen molar-refractivity contribution < 1.29 is 0 Å². The molecule has 0 aliphatic carbocycles. The van der Waals surface area contributed by atoms with Crippen molar-refractivity contribution in [3.05, 3.63) is 59.4 Å². The number of nitrogens with zero attached hydrogens (tertiary/aromatic N) is 2. The Hall–Kier alpha value is -2.01. The fraction of sp³-hybridized carbons (Fsp3) is 0.214. The molecule has 1 aliphatic rings. The molecule has 2 heteroatoms. The largest absolute Gasteiger partial charge is 0.349 e. The van der Waals surface area contributed by atoms with Crippen LogP contribution in [0.5, 0.6) is 0 Å². The van der Waals surface area contributed by atoms with Gasteiger partial charge in [0.25, 0.3) is 0 Å². The fourth-order valence-electron chi connectivity index (χ4n) is 1.77. The molecule has 0 N–H and O–H groups in total. The number of allylic oxidation sites excluding steroid dienone is 2. The van der Waals surface area contributed by atoms with E-state index in [2.05, 4.69) is 30.0 Å². The van der Waals surface area contributed by atoms with Crippen molar-refractivity contribution in [1.82, 2.24) is 4.90 Å². The second kappa shape index (κ2) is 4.67. The molecule has 1 aliphatic heterocycles. The van der Waals surface area contributed by atoms with E-state index in [0.717, 1.165) is 18.5 Å². The molecule has 0 aromatic heterocycles. The summed E-state index contributed by atoms with van der Waals surface area (Å²) in [6, 6.07) is 10.5. The highest BCUT2D eigenvalue weighted by atomic mass is 15.1. The first-order chi connectivity index (χ1) is 7.79. The van der Waals surface area contributed by atoms with Crippen molar-refractivity contribution in [3.63, 3.8) is 0 Å². The van der Waals surface area contributed by atoms with Gasteiger partial charge in [0, 0.05) is 30.9 Å². The van der Waals surface area contributed by atoms with Gasteiger partial charge >= 0.3 is 0 Å². The van der Waals surface area contributed by atoms with E-state index < -0.39 is 0 Å². The van der Waals surface area contributed by atoms with Crippen LogP contribution in [0, 0.1) is 18.3 Å². The second-order valence-electron chi connectivity index (χ2n) is 3.95. The third-order valence-electron chi connectivity index (χ3n) is 2.71. The molecule has 0 bridgehead atoms. The van der Waals surface area contributed by atoms with Crippen LogP contribution in [-0.2, 0) is 6.54 Å². The molecule has 1 aromatic carbocycles. The normalized spacial score (nSPS) is 14.5. The second-order valence-corrected chi connectivity index (χ2v) is 3.95. The minimum atomic E-state index is 0.751. The summed E-state index contributed by atoms with van der Waals surface area (Å²) in [7, 11) is 0. The molecule has 0 radical (unpaired) electrons. The van der Waals surface area contributed by atoms with Gasteiger partial charge in [-0.3, -0.25) is 0 Å². The van der Waals surface area contributed by atoms with Gasteiger partial charge in [0.2, 0.25) is 0 Å². The number of aryl methyl sites for hydroxylation is 1. The fourth-order valence-corrected chi connectivity index (χ4v) is 1.77. The molecule has 0 fully saturated rings. The lowest BCUT2D eigenvalue weighted by Gasteiger charge is -2.20. The maximum atomic E-state index is 8.85. The summed E-state index contributed by atoms with van der Waals surface area (Å²) >= 11 is 0. The molecule has 1 heterocycles. The van der Waals surface area contributed by atoms with Crippen molar-refractivity contribution in [2.45, 2.75) is 19.9 Å². The van der Waals surface area contributed by atoms with Gasteiger partial charge in [-0.05, 0) is 18.1 Å². The lowest BCUT2D eigenvalue weighted by molar-refractivity contribution is 0.488. The molecule has 0 saturated carbocycles. The number of benzene rings is 1. The summed E-state index contributed by atoms with van der Waals surface area (Å²) in [5.41, 5.74) is 3.40. The minimum Gasteiger partial charge on any atom is -0.349 e. The number of hydrogen-bond donors (Lipinski definition) is 0. The molecule has 1 aromatic rings. The van der Waals surface area contributed by atoms with Crippen molar-refractivity contribution >= 4 is 0 Å². The van der Waals surface area contributed by atoms with Gasteiger partial charge in [0.15, 0.2) is 0 Å². The molecular weight excluding hydrogens is 196 g/mol. The van der Waals surface area contributed by atoms with Crippen molar-refractivity contribution in [1.29, 1.82) is 5.26 Å². The molecular formula is C14H14N2. The Morgan fingerprint density at radius 1 is 1.38 bits per heavy atom. The monoisotopic (exact) mass is 210 g/mol. The van der Waals surface area contributed by atoms with Crippen LogP contribution in [-0.4, -0.2) is 4.90 Å². The molecule has 0 unspecified atom stereocenters. The van der Waals surface area contributed by atoms with Crippen LogP contribution in [0.1, 0.15) is 17.5 Å². The topological polar surface area (TPSA) is 27.0 Å². The Kier molecular flexibility index (Phi) is 3.07. The summed E-state index contributed by atoms with van der Waals surface area (Å²) in [5, 5.41) is 8.85. The highest BCUT2D eigenvalue weighted by Crippen LogP contribution is 2.16. The maximum absolute atomic E-state index is 8.85. The molecule has 0 spiro atoms. The molecule has 80 valence electrons. The summed E-state index contributed by atoms with van der Waals surface area (Å²) < 4.78 is 0. The Labute approximate surface area is 96.1 Å². The van der Waals surface area contributed by atoms with Crippen LogP contribution in [0.3, 0.4) is 0 Å². The average molecular weight is 210 g/mol. The van der Waals surface area contributed by atoms with Gasteiger partial charge in [0.1, 0.15) is 0 Å². The first-order valence-electron chi connectivity index (χ1n) is 5.37. The van der Waals surface area contributed by atoms with E-state index in [1.165, 1.54) is 11.1 Å². The van der Waals surface area contributed by atoms with Crippen molar-refractivity contribution in [2.75, 3.05) is 0 Å². The number of rotatable bonds is 2. The Balaban J connectivity index is 2.14. The minimum absolute atomic E-state index is 0.751. The van der Waals surface area contributed by atoms with E-state index in [1.807, 2.05) is 30.6 Å². The molecule has 2 nitrogen and oxygen atoms in total. The van der Waals surface area contributed by atoms with Gasteiger partial charge in [-0.25, -0.2) is 0 Å². The number of hydrogen-bond acceptors (Lipinski definition) is 2. The molecule has 16 heavy (non-hydrogen) atoms. The van der Waals surface area contributed by atoms with Crippen LogP contribution in [0.4, 0.5) is 0 Å². The van der Waals surface area contributed by atoms with Gasteiger partial charge < -0.3 is 4.90 Å². The van der Waals surface area contributed by atoms with E-state index in [4.69, 9.17) is 5.26 Å². The summed E-state index contributed by atoms with van der Waals surface area (Å²) in [5.74, 6) is 0. The zero-order chi connectivity index (χ0) is 11.4. The van der Waals surface area contributed by atoms with Crippen LogP contribution in [0.15, 0.2) is 48.3 Å². The van der Waals surface area contributed by atoms with Crippen LogP contribution in [0.25, 0.3) is 0 Å². The quantitative estimate of drug-likeness (QED) is 0.749. The average Bonchev–Trinajstić information content (AvgIpc) is 2.32. The van der Waals surface area contributed by atoms with Crippen molar-refractivity contribution in [3.8, 4) is 6.07 Å². The Morgan fingerprint density at radius 2 is 2.19 bits per heavy atom. The lowest BCUT2D eigenvalue weighted by Crippen LogP contribution is -2.13. The first kappa shape index (κ1) is 10.5. The standard InChI is InChI=1S/C14H14N2/c1-12-5-2-3-7-14(12)11-16-8-4-6-13(9-15)10-16/h2-5,7-8,10H,6,11H2,1H3. The highest BCUT2D eigenvalue weighted by Gasteiger charge is 2.06. The SMILES string of the molecule is Cc1ccccc1CN1C=CCC(C#N)=C1. The molecule has 0 saturated heterocycles. The van der Waals surface area contributed by atoms with Crippen LogP contribution < -0.4 is 0 Å². The van der Waals surface area contributed by atoms with E-state index >= 15 is 0 Å². The van der Waals surface area contributed by atoms with Gasteiger partial charge in [-0.15, -0.1) is 0 Å². The lowest BCUT2D eigenvalue weighted by atomic mass is 10.1. The number of nitriles is 1. The Morgan fingerprint density at radius 3 is 2.94 bits per heavy atom. The molecule has 0 atom stereocenters. The first-order valence-corrected chi connectivity index (χ1v) is 5.37. The third kappa shape index (κ3) is 2.32. The molecule has 0 amide bonds. The van der Waals surface area contributed by atoms with Crippen LogP contribution in [0.2, 0.25) is 0 Å². The predicted molar refractivity (Wildman–Crippen MR) is 64.2 cm³/mol. The summed E-state index contributed by atoms with van der Waals surface area (Å²) in [6.45, 7) is 2.94. The van der Waals surface area contributed by atoms with E-state index in [1.54, 1.807) is 0 Å². The molecule has 2 rings (SSSR count). The van der Waals surface area contributed by atoms with E-state index in [-0.39, 0.29) is 0 Å². The Bertz CT molecular complexity index is 478. The predicted octanol–water partition coefficient (Wildman–Crippen LogP) is 3.12. The highest BCUT2D eigenvalue weighted by molar-refractivity contribution is 5.29. The van der Waals surface area contributed by atoms with Crippen molar-refractivity contribution in [2.24, 2.45) is 0 Å².